The van der Waals surface area contributed by atoms with E-state index in [1.165, 1.54) is 18.2 Å². The minimum Gasteiger partial charge on any atom is -0.376 e. The molecule has 8 heteroatoms. The molecule has 0 saturated carbocycles. The van der Waals surface area contributed by atoms with Crippen molar-refractivity contribution < 1.29 is 18.3 Å². The second-order valence-corrected chi connectivity index (χ2v) is 9.68. The van der Waals surface area contributed by atoms with E-state index >= 15 is 0 Å². The molecule has 170 valence electrons. The maximum atomic E-state index is 14.0. The zero-order chi connectivity index (χ0) is 22.7. The van der Waals surface area contributed by atoms with Crippen LogP contribution in [0.5, 0.6) is 0 Å². The third-order valence-corrected chi connectivity index (χ3v) is 7.39. The number of hydrogen-bond donors (Lipinski definition) is 1. The van der Waals surface area contributed by atoms with Gasteiger partial charge < -0.3 is 14.6 Å². The maximum Gasteiger partial charge on any atom is 0.235 e. The summed E-state index contributed by atoms with van der Waals surface area (Å²) in [6.45, 7) is 3.03. The number of fused-ring (bicyclic) bond motifs is 1. The Morgan fingerprint density at radius 3 is 2.75 bits per heavy atom. The topological polar surface area (TPSA) is 67.0 Å². The minimum absolute atomic E-state index is 0.0234. The number of nitrogens with one attached hydrogen (secondary N) is 1. The summed E-state index contributed by atoms with van der Waals surface area (Å²) in [5, 5.41) is 12.3. The van der Waals surface area contributed by atoms with E-state index in [9.17, 15) is 18.8 Å². The molecule has 2 heterocycles. The maximum absolute atomic E-state index is 14.0. The molecule has 4 rings (SSSR count). The van der Waals surface area contributed by atoms with Crippen molar-refractivity contribution in [3.8, 4) is 6.07 Å². The summed E-state index contributed by atoms with van der Waals surface area (Å²) < 4.78 is 36.0. The van der Waals surface area contributed by atoms with Gasteiger partial charge in [-0.15, -0.1) is 11.8 Å². The van der Waals surface area contributed by atoms with E-state index < -0.39 is 16.9 Å². The molecule has 0 radical (unpaired) electrons. The molecule has 1 amide bonds. The van der Waals surface area contributed by atoms with Gasteiger partial charge in [0.1, 0.15) is 23.5 Å². The van der Waals surface area contributed by atoms with E-state index in [0.29, 0.717) is 17.9 Å². The average Bonchev–Trinajstić information content (AvgIpc) is 3.39. The van der Waals surface area contributed by atoms with Crippen molar-refractivity contribution in [2.75, 3.05) is 17.7 Å². The Balaban J connectivity index is 1.52. The monoisotopic (exact) mass is 459 g/mol. The van der Waals surface area contributed by atoms with E-state index in [4.69, 9.17) is 4.74 Å². The molecule has 1 fully saturated rings. The predicted octanol–water partition coefficient (Wildman–Crippen LogP) is 5.13. The summed E-state index contributed by atoms with van der Waals surface area (Å²) in [6.07, 6.45) is 5.85. The SMILES string of the molecule is CC(SCC(=O)Nc1c(C#N)c2c(n1CC1CCCO1)CCCC2)c1c(F)cccc1F. The zero-order valence-corrected chi connectivity index (χ0v) is 18.9. The molecule has 1 aromatic carbocycles. The van der Waals surface area contributed by atoms with Crippen molar-refractivity contribution >= 4 is 23.5 Å². The fourth-order valence-corrected chi connectivity index (χ4v) is 5.53. The first kappa shape index (κ1) is 22.8. The largest absolute Gasteiger partial charge is 0.376 e. The van der Waals surface area contributed by atoms with Crippen LogP contribution in [0.1, 0.15) is 60.2 Å². The van der Waals surface area contributed by atoms with Crippen molar-refractivity contribution in [1.29, 1.82) is 5.26 Å². The molecule has 1 N–H and O–H groups in total. The number of halogens is 2. The van der Waals surface area contributed by atoms with Gasteiger partial charge in [-0.05, 0) is 63.1 Å². The summed E-state index contributed by atoms with van der Waals surface area (Å²) in [4.78, 5) is 12.8. The molecule has 32 heavy (non-hydrogen) atoms. The van der Waals surface area contributed by atoms with Gasteiger partial charge in [0, 0.05) is 23.1 Å². The molecular formula is C24H27F2N3O2S. The molecule has 2 unspecified atom stereocenters. The van der Waals surface area contributed by atoms with Crippen molar-refractivity contribution in [1.82, 2.24) is 4.57 Å². The minimum atomic E-state index is -0.615. The number of hydrogen-bond acceptors (Lipinski definition) is 4. The van der Waals surface area contributed by atoms with E-state index in [1.54, 1.807) is 6.92 Å². The number of anilines is 1. The Morgan fingerprint density at radius 2 is 2.06 bits per heavy atom. The first-order valence-corrected chi connectivity index (χ1v) is 12.2. The number of ether oxygens (including phenoxy) is 1. The number of aromatic nitrogens is 1. The fraction of sp³-hybridized carbons (Fsp3) is 0.500. The first-order valence-electron chi connectivity index (χ1n) is 11.1. The number of nitriles is 1. The molecule has 1 aliphatic carbocycles. The summed E-state index contributed by atoms with van der Waals surface area (Å²) in [6, 6.07) is 6.06. The molecule has 2 aliphatic rings. The number of carbonyl (C=O) groups excluding carboxylic acids is 1. The van der Waals surface area contributed by atoms with Crippen LogP contribution in [-0.4, -0.2) is 28.9 Å². The van der Waals surface area contributed by atoms with Crippen molar-refractivity contribution in [3.63, 3.8) is 0 Å². The number of thioether (sulfide) groups is 1. The van der Waals surface area contributed by atoms with E-state index in [-0.39, 0.29) is 23.3 Å². The molecule has 1 saturated heterocycles. The Labute approximate surface area is 191 Å². The van der Waals surface area contributed by atoms with Gasteiger partial charge >= 0.3 is 0 Å². The Hall–Kier alpha value is -2.37. The lowest BCUT2D eigenvalue weighted by atomic mass is 9.95. The lowest BCUT2D eigenvalue weighted by Gasteiger charge is -2.20. The lowest BCUT2D eigenvalue weighted by molar-refractivity contribution is -0.113. The molecule has 1 aliphatic heterocycles. The quantitative estimate of drug-likeness (QED) is 0.623. The third-order valence-electron chi connectivity index (χ3n) is 6.22. The van der Waals surface area contributed by atoms with E-state index in [1.807, 2.05) is 0 Å². The zero-order valence-electron chi connectivity index (χ0n) is 18.1. The van der Waals surface area contributed by atoms with E-state index in [0.717, 1.165) is 68.2 Å². The Morgan fingerprint density at radius 1 is 1.31 bits per heavy atom. The molecule has 0 bridgehead atoms. The molecule has 1 aromatic heterocycles. The summed E-state index contributed by atoms with van der Waals surface area (Å²) in [7, 11) is 0. The second kappa shape index (κ2) is 10.1. The summed E-state index contributed by atoms with van der Waals surface area (Å²) in [5.41, 5.74) is 2.65. The van der Waals surface area contributed by atoms with Crippen LogP contribution in [-0.2, 0) is 28.9 Å². The lowest BCUT2D eigenvalue weighted by Crippen LogP contribution is -2.23. The standard InChI is InChI=1S/C24H27F2N3O2S/c1-15(23-19(25)8-4-9-20(23)26)32-14-22(30)28-24-18(12-27)17-7-2-3-10-21(17)29(24)13-16-6-5-11-31-16/h4,8-9,15-16H,2-3,5-7,10-11,13-14H2,1H3,(H,28,30). The molecule has 2 atom stereocenters. The smallest absolute Gasteiger partial charge is 0.235 e. The van der Waals surface area contributed by atoms with Crippen LogP contribution >= 0.6 is 11.8 Å². The van der Waals surface area contributed by atoms with E-state index in [2.05, 4.69) is 16.0 Å². The Bertz CT molecular complexity index is 1020. The fourth-order valence-electron chi connectivity index (χ4n) is 4.66. The number of rotatable bonds is 7. The van der Waals surface area contributed by atoms with Gasteiger partial charge in [-0.3, -0.25) is 4.79 Å². The van der Waals surface area contributed by atoms with Crippen molar-refractivity contribution in [3.05, 3.63) is 52.2 Å². The summed E-state index contributed by atoms with van der Waals surface area (Å²) >= 11 is 1.16. The van der Waals surface area contributed by atoms with Crippen molar-refractivity contribution in [2.45, 2.75) is 63.3 Å². The van der Waals surface area contributed by atoms with Crippen LogP contribution in [0.2, 0.25) is 0 Å². The predicted molar refractivity (Wildman–Crippen MR) is 121 cm³/mol. The highest BCUT2D eigenvalue weighted by atomic mass is 32.2. The van der Waals surface area contributed by atoms with Crippen molar-refractivity contribution in [2.24, 2.45) is 0 Å². The van der Waals surface area contributed by atoms with Crippen LogP contribution in [0.4, 0.5) is 14.6 Å². The van der Waals surface area contributed by atoms with Crippen LogP contribution in [0.15, 0.2) is 18.2 Å². The third kappa shape index (κ3) is 4.69. The van der Waals surface area contributed by atoms with Gasteiger partial charge in [-0.2, -0.15) is 5.26 Å². The van der Waals surface area contributed by atoms with Crippen LogP contribution in [0, 0.1) is 23.0 Å². The summed E-state index contributed by atoms with van der Waals surface area (Å²) in [5.74, 6) is -0.968. The normalized spacial score (nSPS) is 18.8. The van der Waals surface area contributed by atoms with Crippen LogP contribution < -0.4 is 5.32 Å². The highest BCUT2D eigenvalue weighted by Gasteiger charge is 2.28. The molecule has 5 nitrogen and oxygen atoms in total. The molecular weight excluding hydrogens is 432 g/mol. The highest BCUT2D eigenvalue weighted by molar-refractivity contribution is 8.00. The number of carbonyl (C=O) groups is 1. The number of nitrogens with zero attached hydrogens (tertiary/aromatic N) is 2. The van der Waals surface area contributed by atoms with Gasteiger partial charge in [0.25, 0.3) is 0 Å². The highest BCUT2D eigenvalue weighted by Crippen LogP contribution is 2.35. The number of amides is 1. The van der Waals surface area contributed by atoms with Gasteiger partial charge in [0.05, 0.1) is 24.0 Å². The van der Waals surface area contributed by atoms with Gasteiger partial charge in [-0.1, -0.05) is 6.07 Å². The molecule has 2 aromatic rings. The number of benzene rings is 1. The van der Waals surface area contributed by atoms with Gasteiger partial charge in [-0.25, -0.2) is 8.78 Å². The van der Waals surface area contributed by atoms with Crippen LogP contribution in [0.25, 0.3) is 0 Å². The Kier molecular flexibility index (Phi) is 7.17. The average molecular weight is 460 g/mol. The second-order valence-electron chi connectivity index (χ2n) is 8.35. The van der Waals surface area contributed by atoms with Crippen LogP contribution in [0.3, 0.4) is 0 Å². The van der Waals surface area contributed by atoms with Gasteiger partial charge in [0.15, 0.2) is 0 Å². The molecule has 0 spiro atoms. The van der Waals surface area contributed by atoms with Gasteiger partial charge in [0.2, 0.25) is 5.91 Å². The first-order chi connectivity index (χ1) is 15.5.